The lowest BCUT2D eigenvalue weighted by Crippen LogP contribution is -2.19. The molecule has 21 heavy (non-hydrogen) atoms. The van der Waals surface area contributed by atoms with Crippen LogP contribution in [-0.2, 0) is 20.7 Å². The molecule has 0 saturated heterocycles. The molecule has 1 aromatic carbocycles. The van der Waals surface area contributed by atoms with E-state index in [9.17, 15) is 9.59 Å². The number of hydrogen-bond donors (Lipinski definition) is 1. The molecule has 0 bridgehead atoms. The SMILES string of the molecule is COC(=O)C=CNC(=O)Cc1ccc2ncc(Cl)cc2c1. The number of hydrogen-bond acceptors (Lipinski definition) is 4. The van der Waals surface area contributed by atoms with E-state index in [-0.39, 0.29) is 12.3 Å². The topological polar surface area (TPSA) is 68.3 Å². The van der Waals surface area contributed by atoms with Crippen molar-refractivity contribution in [2.75, 3.05) is 7.11 Å². The highest BCUT2D eigenvalue weighted by Crippen LogP contribution is 2.18. The Morgan fingerprint density at radius 2 is 2.19 bits per heavy atom. The highest BCUT2D eigenvalue weighted by Gasteiger charge is 2.04. The number of carbonyl (C=O) groups excluding carboxylic acids is 2. The van der Waals surface area contributed by atoms with Crippen molar-refractivity contribution in [1.29, 1.82) is 0 Å². The lowest BCUT2D eigenvalue weighted by atomic mass is 10.1. The van der Waals surface area contributed by atoms with Crippen molar-refractivity contribution >= 4 is 34.4 Å². The molecule has 1 aromatic heterocycles. The molecule has 108 valence electrons. The maximum atomic E-state index is 11.7. The zero-order valence-electron chi connectivity index (χ0n) is 11.3. The van der Waals surface area contributed by atoms with Gasteiger partial charge in [0, 0.05) is 23.9 Å². The minimum absolute atomic E-state index is 0.188. The van der Waals surface area contributed by atoms with Gasteiger partial charge in [-0.15, -0.1) is 0 Å². The summed E-state index contributed by atoms with van der Waals surface area (Å²) in [7, 11) is 1.27. The fourth-order valence-electron chi connectivity index (χ4n) is 1.77. The first kappa shape index (κ1) is 15.0. The maximum Gasteiger partial charge on any atom is 0.331 e. The molecule has 0 spiro atoms. The van der Waals surface area contributed by atoms with Crippen LogP contribution in [0.25, 0.3) is 10.9 Å². The highest BCUT2D eigenvalue weighted by molar-refractivity contribution is 6.31. The van der Waals surface area contributed by atoms with Crippen molar-refractivity contribution in [3.05, 3.63) is 53.3 Å². The average Bonchev–Trinajstić information content (AvgIpc) is 2.46. The molecule has 1 amide bonds. The smallest absolute Gasteiger partial charge is 0.331 e. The highest BCUT2D eigenvalue weighted by atomic mass is 35.5. The van der Waals surface area contributed by atoms with Gasteiger partial charge >= 0.3 is 5.97 Å². The Kier molecular flexibility index (Phi) is 4.90. The second-order valence-corrected chi connectivity index (χ2v) is 4.72. The molecule has 5 nitrogen and oxygen atoms in total. The van der Waals surface area contributed by atoms with Crippen molar-refractivity contribution in [2.24, 2.45) is 0 Å². The van der Waals surface area contributed by atoms with Gasteiger partial charge in [0.1, 0.15) is 0 Å². The van der Waals surface area contributed by atoms with E-state index >= 15 is 0 Å². The lowest BCUT2D eigenvalue weighted by Gasteiger charge is -2.03. The number of pyridine rings is 1. The molecule has 0 unspecified atom stereocenters. The van der Waals surface area contributed by atoms with Gasteiger partial charge in [-0.05, 0) is 23.8 Å². The van der Waals surface area contributed by atoms with Gasteiger partial charge in [0.15, 0.2) is 0 Å². The van der Waals surface area contributed by atoms with E-state index in [1.165, 1.54) is 13.3 Å². The van der Waals surface area contributed by atoms with Crippen LogP contribution in [0.4, 0.5) is 0 Å². The third-order valence-corrected chi connectivity index (χ3v) is 2.95. The standard InChI is InChI=1S/C15H13ClN2O3/c1-21-15(20)4-5-17-14(19)7-10-2-3-13-11(6-10)8-12(16)9-18-13/h2-6,8-9H,7H2,1H3,(H,17,19). The quantitative estimate of drug-likeness (QED) is 0.695. The number of fused-ring (bicyclic) bond motifs is 1. The van der Waals surface area contributed by atoms with E-state index < -0.39 is 5.97 Å². The number of esters is 1. The number of benzene rings is 1. The number of amides is 1. The molecule has 0 fully saturated rings. The number of methoxy groups -OCH3 is 1. The van der Waals surface area contributed by atoms with Gasteiger partial charge < -0.3 is 10.1 Å². The largest absolute Gasteiger partial charge is 0.466 e. The Morgan fingerprint density at radius 1 is 1.38 bits per heavy atom. The Hall–Kier alpha value is -2.40. The van der Waals surface area contributed by atoms with Gasteiger partial charge in [0.2, 0.25) is 5.91 Å². The van der Waals surface area contributed by atoms with E-state index in [4.69, 9.17) is 11.6 Å². The minimum atomic E-state index is -0.526. The number of carbonyl (C=O) groups is 2. The number of aromatic nitrogens is 1. The van der Waals surface area contributed by atoms with E-state index in [0.717, 1.165) is 22.5 Å². The van der Waals surface area contributed by atoms with Gasteiger partial charge in [-0.3, -0.25) is 9.78 Å². The van der Waals surface area contributed by atoms with Gasteiger partial charge in [0.05, 0.1) is 24.1 Å². The Balaban J connectivity index is 2.04. The van der Waals surface area contributed by atoms with Gasteiger partial charge in [-0.2, -0.15) is 0 Å². The summed E-state index contributed by atoms with van der Waals surface area (Å²) < 4.78 is 4.41. The summed E-state index contributed by atoms with van der Waals surface area (Å²) in [6, 6.07) is 7.31. The molecule has 0 saturated carbocycles. The zero-order chi connectivity index (χ0) is 15.2. The van der Waals surface area contributed by atoms with Crippen LogP contribution in [0, 0.1) is 0 Å². The minimum Gasteiger partial charge on any atom is -0.466 e. The fraction of sp³-hybridized carbons (Fsp3) is 0.133. The van der Waals surface area contributed by atoms with Gasteiger partial charge in [-0.25, -0.2) is 4.79 Å². The second-order valence-electron chi connectivity index (χ2n) is 4.28. The summed E-state index contributed by atoms with van der Waals surface area (Å²) in [5.74, 6) is -0.758. The summed E-state index contributed by atoms with van der Waals surface area (Å²) in [4.78, 5) is 26.8. The first-order valence-electron chi connectivity index (χ1n) is 6.16. The summed E-state index contributed by atoms with van der Waals surface area (Å²) in [5, 5.41) is 3.91. The van der Waals surface area contributed by atoms with Crippen LogP contribution < -0.4 is 5.32 Å². The number of rotatable bonds is 4. The molecule has 0 aliphatic rings. The van der Waals surface area contributed by atoms with E-state index in [2.05, 4.69) is 15.0 Å². The van der Waals surface area contributed by atoms with Crippen molar-refractivity contribution in [3.8, 4) is 0 Å². The molecule has 6 heteroatoms. The van der Waals surface area contributed by atoms with Crippen molar-refractivity contribution in [3.63, 3.8) is 0 Å². The van der Waals surface area contributed by atoms with Crippen LogP contribution in [0.5, 0.6) is 0 Å². The third kappa shape index (κ3) is 4.29. The Labute approximate surface area is 126 Å². The van der Waals surface area contributed by atoms with E-state index in [0.29, 0.717) is 5.02 Å². The molecule has 0 aliphatic heterocycles. The average molecular weight is 305 g/mol. The summed E-state index contributed by atoms with van der Waals surface area (Å²) in [5.41, 5.74) is 1.64. The predicted molar refractivity (Wildman–Crippen MR) is 79.8 cm³/mol. The summed E-state index contributed by atoms with van der Waals surface area (Å²) >= 11 is 5.89. The normalized spacial score (nSPS) is 10.8. The Morgan fingerprint density at radius 3 is 2.95 bits per heavy atom. The van der Waals surface area contributed by atoms with Crippen molar-refractivity contribution in [2.45, 2.75) is 6.42 Å². The van der Waals surface area contributed by atoms with Crippen LogP contribution in [0.3, 0.4) is 0 Å². The molecule has 0 radical (unpaired) electrons. The fourth-order valence-corrected chi connectivity index (χ4v) is 1.94. The summed E-state index contributed by atoms with van der Waals surface area (Å²) in [6.07, 6.45) is 4.16. The van der Waals surface area contributed by atoms with E-state index in [1.807, 2.05) is 18.2 Å². The van der Waals surface area contributed by atoms with Gasteiger partial charge in [0.25, 0.3) is 0 Å². The monoisotopic (exact) mass is 304 g/mol. The predicted octanol–water partition coefficient (Wildman–Crippen LogP) is 2.23. The third-order valence-electron chi connectivity index (χ3n) is 2.74. The first-order chi connectivity index (χ1) is 10.1. The molecule has 0 aliphatic carbocycles. The molecular formula is C15H13ClN2O3. The molecule has 1 N–H and O–H groups in total. The van der Waals surface area contributed by atoms with Crippen LogP contribution >= 0.6 is 11.6 Å². The van der Waals surface area contributed by atoms with Crippen LogP contribution in [-0.4, -0.2) is 24.0 Å². The van der Waals surface area contributed by atoms with Crippen LogP contribution in [0.1, 0.15) is 5.56 Å². The lowest BCUT2D eigenvalue weighted by molar-refractivity contribution is -0.134. The summed E-state index contributed by atoms with van der Waals surface area (Å²) in [6.45, 7) is 0. The zero-order valence-corrected chi connectivity index (χ0v) is 12.1. The van der Waals surface area contributed by atoms with E-state index in [1.54, 1.807) is 12.3 Å². The molecule has 1 heterocycles. The van der Waals surface area contributed by atoms with Crippen LogP contribution in [0.2, 0.25) is 5.02 Å². The first-order valence-corrected chi connectivity index (χ1v) is 6.54. The van der Waals surface area contributed by atoms with Crippen molar-refractivity contribution in [1.82, 2.24) is 10.3 Å². The maximum absolute atomic E-state index is 11.7. The second kappa shape index (κ2) is 6.85. The molecule has 0 atom stereocenters. The number of ether oxygens (including phenoxy) is 1. The molecular weight excluding hydrogens is 292 g/mol. The van der Waals surface area contributed by atoms with Crippen molar-refractivity contribution < 1.29 is 14.3 Å². The number of halogens is 1. The molecule has 2 rings (SSSR count). The number of nitrogens with one attached hydrogen (secondary N) is 1. The number of nitrogens with zero attached hydrogens (tertiary/aromatic N) is 1. The van der Waals surface area contributed by atoms with Gasteiger partial charge in [-0.1, -0.05) is 17.7 Å². The molecule has 2 aromatic rings. The Bertz CT molecular complexity index is 713. The van der Waals surface area contributed by atoms with Crippen LogP contribution in [0.15, 0.2) is 42.7 Å².